The average Bonchev–Trinajstić information content (AvgIpc) is 2.54. The molecule has 6 heteroatoms. The maximum absolute atomic E-state index is 5.77. The third-order valence-electron chi connectivity index (χ3n) is 3.58. The molecule has 0 atom stereocenters. The zero-order chi connectivity index (χ0) is 17.1. The molecule has 0 radical (unpaired) electrons. The maximum atomic E-state index is 5.77. The van der Waals surface area contributed by atoms with Gasteiger partial charge in [-0.1, -0.05) is 29.3 Å². The molecule has 0 saturated heterocycles. The van der Waals surface area contributed by atoms with E-state index in [1.807, 2.05) is 6.07 Å². The van der Waals surface area contributed by atoms with Crippen LogP contribution in [0.2, 0.25) is 5.15 Å². The fourth-order valence-corrected chi connectivity index (χ4v) is 2.67. The Balaban J connectivity index is 1.74. The Morgan fingerprint density at radius 1 is 0.792 bits per heavy atom. The summed E-state index contributed by atoms with van der Waals surface area (Å²) >= 11 is 5.77. The Morgan fingerprint density at radius 3 is 2.00 bits per heavy atom. The van der Waals surface area contributed by atoms with Crippen LogP contribution in [-0.4, -0.2) is 15.0 Å². The zero-order valence-corrected chi connectivity index (χ0v) is 14.5. The largest absolute Gasteiger partial charge is 0.353 e. The molecule has 0 unspecified atom stereocenters. The maximum Gasteiger partial charge on any atom is 0.227 e. The van der Waals surface area contributed by atoms with E-state index in [1.54, 1.807) is 24.7 Å². The molecule has 2 heterocycles. The number of benzene rings is 1. The van der Waals surface area contributed by atoms with E-state index in [2.05, 4.69) is 58.5 Å². The number of hydrogen-bond donors (Lipinski definition) is 2. The van der Waals surface area contributed by atoms with Crippen molar-refractivity contribution in [3.05, 3.63) is 64.7 Å². The molecule has 0 spiro atoms. The highest BCUT2D eigenvalue weighted by Crippen LogP contribution is 2.25. The van der Waals surface area contributed by atoms with Gasteiger partial charge in [0, 0.05) is 5.69 Å². The predicted molar refractivity (Wildman–Crippen MR) is 98.5 cm³/mol. The molecule has 0 amide bonds. The average molecular weight is 340 g/mol. The second kappa shape index (κ2) is 6.84. The fourth-order valence-electron chi connectivity index (χ4n) is 2.56. The highest BCUT2D eigenvalue weighted by molar-refractivity contribution is 6.29. The number of aryl methyl sites for hydroxylation is 3. The van der Waals surface area contributed by atoms with Crippen LogP contribution >= 0.6 is 11.6 Å². The smallest absolute Gasteiger partial charge is 0.227 e. The van der Waals surface area contributed by atoms with E-state index in [4.69, 9.17) is 11.6 Å². The predicted octanol–water partition coefficient (Wildman–Crippen LogP) is 4.94. The molecule has 0 fully saturated rings. The monoisotopic (exact) mass is 339 g/mol. The second-order valence-electron chi connectivity index (χ2n) is 5.69. The van der Waals surface area contributed by atoms with Crippen molar-refractivity contribution in [3.63, 3.8) is 0 Å². The standard InChI is InChI=1S/C18H18ClN5/c1-11-6-12(2)17(13(3)7-11)23-15-9-21-18(22-10-15)24-14-4-5-16(19)20-8-14/h4-10,23H,1-3H3,(H,21,22,24). The van der Waals surface area contributed by atoms with E-state index in [-0.39, 0.29) is 0 Å². The van der Waals surface area contributed by atoms with E-state index in [0.29, 0.717) is 11.1 Å². The molecule has 2 aromatic heterocycles. The molecule has 122 valence electrons. The molecule has 3 rings (SSSR count). The van der Waals surface area contributed by atoms with Crippen LogP contribution < -0.4 is 10.6 Å². The van der Waals surface area contributed by atoms with Crippen molar-refractivity contribution in [2.75, 3.05) is 10.6 Å². The van der Waals surface area contributed by atoms with E-state index < -0.39 is 0 Å². The number of anilines is 4. The summed E-state index contributed by atoms with van der Waals surface area (Å²) in [6, 6.07) is 7.84. The lowest BCUT2D eigenvalue weighted by Crippen LogP contribution is -2.01. The summed E-state index contributed by atoms with van der Waals surface area (Å²) < 4.78 is 0. The fraction of sp³-hybridized carbons (Fsp3) is 0.167. The number of nitrogens with one attached hydrogen (secondary N) is 2. The van der Waals surface area contributed by atoms with Crippen molar-refractivity contribution in [2.24, 2.45) is 0 Å². The molecule has 24 heavy (non-hydrogen) atoms. The van der Waals surface area contributed by atoms with Gasteiger partial charge in [0.25, 0.3) is 0 Å². The molecule has 5 nitrogen and oxygen atoms in total. The third kappa shape index (κ3) is 3.81. The normalized spacial score (nSPS) is 10.5. The summed E-state index contributed by atoms with van der Waals surface area (Å²) in [5, 5.41) is 6.91. The topological polar surface area (TPSA) is 62.7 Å². The molecule has 0 aliphatic heterocycles. The number of hydrogen-bond acceptors (Lipinski definition) is 5. The first kappa shape index (κ1) is 16.2. The first-order valence-electron chi connectivity index (χ1n) is 7.57. The van der Waals surface area contributed by atoms with Crippen LogP contribution in [0.1, 0.15) is 16.7 Å². The van der Waals surface area contributed by atoms with Gasteiger partial charge in [-0.3, -0.25) is 0 Å². The number of nitrogens with zero attached hydrogens (tertiary/aromatic N) is 3. The van der Waals surface area contributed by atoms with E-state index >= 15 is 0 Å². The van der Waals surface area contributed by atoms with E-state index in [0.717, 1.165) is 17.1 Å². The van der Waals surface area contributed by atoms with Crippen molar-refractivity contribution in [3.8, 4) is 0 Å². The van der Waals surface area contributed by atoms with Gasteiger partial charge in [-0.25, -0.2) is 15.0 Å². The Morgan fingerprint density at radius 2 is 1.42 bits per heavy atom. The first-order chi connectivity index (χ1) is 11.5. The van der Waals surface area contributed by atoms with Gasteiger partial charge in [-0.15, -0.1) is 0 Å². The molecule has 0 aliphatic rings. The first-order valence-corrected chi connectivity index (χ1v) is 7.94. The van der Waals surface area contributed by atoms with Gasteiger partial charge in [0.15, 0.2) is 0 Å². The molecule has 0 saturated carbocycles. The van der Waals surface area contributed by atoms with Crippen LogP contribution in [0.25, 0.3) is 0 Å². The van der Waals surface area contributed by atoms with E-state index in [1.165, 1.54) is 16.7 Å². The highest BCUT2D eigenvalue weighted by Gasteiger charge is 2.05. The minimum absolute atomic E-state index is 0.449. The number of pyridine rings is 1. The Bertz CT molecular complexity index is 821. The van der Waals surface area contributed by atoms with Gasteiger partial charge in [0.1, 0.15) is 5.15 Å². The molecule has 2 N–H and O–H groups in total. The lowest BCUT2D eigenvalue weighted by Gasteiger charge is -2.13. The van der Waals surface area contributed by atoms with Crippen LogP contribution in [0.3, 0.4) is 0 Å². The van der Waals surface area contributed by atoms with Crippen LogP contribution in [0.15, 0.2) is 42.9 Å². The van der Waals surface area contributed by atoms with Crippen molar-refractivity contribution in [1.29, 1.82) is 0 Å². The van der Waals surface area contributed by atoms with Gasteiger partial charge in [0.2, 0.25) is 5.95 Å². The van der Waals surface area contributed by atoms with Crippen molar-refractivity contribution in [1.82, 2.24) is 15.0 Å². The molecule has 1 aromatic carbocycles. The summed E-state index contributed by atoms with van der Waals surface area (Å²) in [5.41, 5.74) is 6.36. The van der Waals surface area contributed by atoms with Gasteiger partial charge in [-0.05, 0) is 44.0 Å². The summed E-state index contributed by atoms with van der Waals surface area (Å²) in [5.74, 6) is 0.502. The lowest BCUT2D eigenvalue weighted by molar-refractivity contribution is 1.16. The SMILES string of the molecule is Cc1cc(C)c(Nc2cnc(Nc3ccc(Cl)nc3)nc2)c(C)c1. The summed E-state index contributed by atoms with van der Waals surface area (Å²) in [7, 11) is 0. The van der Waals surface area contributed by atoms with Gasteiger partial charge >= 0.3 is 0 Å². The lowest BCUT2D eigenvalue weighted by atomic mass is 10.1. The third-order valence-corrected chi connectivity index (χ3v) is 3.81. The molecule has 0 aliphatic carbocycles. The molecular weight excluding hydrogens is 322 g/mol. The van der Waals surface area contributed by atoms with Crippen LogP contribution in [0, 0.1) is 20.8 Å². The van der Waals surface area contributed by atoms with Gasteiger partial charge < -0.3 is 10.6 Å². The van der Waals surface area contributed by atoms with Crippen molar-refractivity contribution >= 4 is 34.6 Å². The Labute approximate surface area is 146 Å². The van der Waals surface area contributed by atoms with Crippen molar-refractivity contribution < 1.29 is 0 Å². The molecule has 0 bridgehead atoms. The van der Waals surface area contributed by atoms with Crippen LogP contribution in [0.4, 0.5) is 23.0 Å². The summed E-state index contributed by atoms with van der Waals surface area (Å²) in [6.07, 6.45) is 5.13. The summed E-state index contributed by atoms with van der Waals surface area (Å²) in [4.78, 5) is 12.7. The molecule has 3 aromatic rings. The number of rotatable bonds is 4. The van der Waals surface area contributed by atoms with Crippen LogP contribution in [-0.2, 0) is 0 Å². The number of halogens is 1. The van der Waals surface area contributed by atoms with Crippen molar-refractivity contribution in [2.45, 2.75) is 20.8 Å². The zero-order valence-electron chi connectivity index (χ0n) is 13.8. The van der Waals surface area contributed by atoms with E-state index in [9.17, 15) is 0 Å². The molecular formula is C18H18ClN5. The highest BCUT2D eigenvalue weighted by atomic mass is 35.5. The summed E-state index contributed by atoms with van der Waals surface area (Å²) in [6.45, 7) is 6.28. The Hall–Kier alpha value is -2.66. The quantitative estimate of drug-likeness (QED) is 0.659. The second-order valence-corrected chi connectivity index (χ2v) is 6.08. The van der Waals surface area contributed by atoms with Gasteiger partial charge in [0.05, 0.1) is 30.0 Å². The van der Waals surface area contributed by atoms with Gasteiger partial charge in [-0.2, -0.15) is 0 Å². The van der Waals surface area contributed by atoms with Crippen LogP contribution in [0.5, 0.6) is 0 Å². The minimum atomic E-state index is 0.449. The number of aromatic nitrogens is 3. The Kier molecular flexibility index (Phi) is 4.62. The minimum Gasteiger partial charge on any atom is -0.353 e.